The van der Waals surface area contributed by atoms with E-state index in [1.165, 1.54) is 0 Å². The number of nitrogens with one attached hydrogen (secondary N) is 1. The van der Waals surface area contributed by atoms with Crippen LogP contribution in [0.4, 0.5) is 0 Å². The average Bonchev–Trinajstić information content (AvgIpc) is 2.95. The maximum atomic E-state index is 11.0. The van der Waals surface area contributed by atoms with Gasteiger partial charge in [0, 0.05) is 5.56 Å². The van der Waals surface area contributed by atoms with Gasteiger partial charge in [-0.3, -0.25) is 4.79 Å². The Hall–Kier alpha value is -1.49. The third-order valence-corrected chi connectivity index (χ3v) is 4.41. The maximum Gasteiger partial charge on any atom is 0.309 e. The number of benzene rings is 1. The molecule has 1 heterocycles. The highest BCUT2D eigenvalue weighted by Gasteiger charge is 2.26. The number of carboxylic acid groups (broad SMARTS) is 1. The zero-order chi connectivity index (χ0) is 17.0. The lowest BCUT2D eigenvalue weighted by Gasteiger charge is -2.18. The number of hydrogen-bond donors (Lipinski definition) is 2. The summed E-state index contributed by atoms with van der Waals surface area (Å²) >= 11 is 11.9. The molecule has 0 bridgehead atoms. The molecular weight excluding hydrogens is 337 g/mol. The zero-order valence-electron chi connectivity index (χ0n) is 13.0. The summed E-state index contributed by atoms with van der Waals surface area (Å²) in [6, 6.07) is 9.09. The minimum Gasteiger partial charge on any atom is -0.481 e. The van der Waals surface area contributed by atoms with E-state index in [-0.39, 0.29) is 0 Å². The zero-order valence-corrected chi connectivity index (χ0v) is 14.5. The van der Waals surface area contributed by atoms with Gasteiger partial charge in [-0.2, -0.15) is 0 Å². The van der Waals surface area contributed by atoms with E-state index >= 15 is 0 Å². The molecule has 4 nitrogen and oxygen atoms in total. The second-order valence-electron chi connectivity index (χ2n) is 6.01. The van der Waals surface area contributed by atoms with E-state index in [2.05, 4.69) is 5.32 Å². The molecule has 0 saturated carbocycles. The highest BCUT2D eigenvalue weighted by Crippen LogP contribution is 2.29. The third-order valence-electron chi connectivity index (χ3n) is 3.67. The van der Waals surface area contributed by atoms with E-state index in [0.29, 0.717) is 35.3 Å². The van der Waals surface area contributed by atoms with Gasteiger partial charge in [-0.15, -0.1) is 0 Å². The Kier molecular flexibility index (Phi) is 5.74. The summed E-state index contributed by atoms with van der Waals surface area (Å²) in [6.07, 6.45) is 0.544. The van der Waals surface area contributed by atoms with Crippen LogP contribution in [0.5, 0.6) is 0 Å². The van der Waals surface area contributed by atoms with Gasteiger partial charge in [-0.1, -0.05) is 23.2 Å². The predicted octanol–water partition coefficient (Wildman–Crippen LogP) is 4.84. The van der Waals surface area contributed by atoms with Crippen molar-refractivity contribution in [1.29, 1.82) is 0 Å². The summed E-state index contributed by atoms with van der Waals surface area (Å²) < 4.78 is 5.76. The smallest absolute Gasteiger partial charge is 0.309 e. The van der Waals surface area contributed by atoms with Crippen molar-refractivity contribution in [3.8, 4) is 11.3 Å². The molecule has 124 valence electrons. The van der Waals surface area contributed by atoms with Crippen molar-refractivity contribution in [2.24, 2.45) is 5.41 Å². The Morgan fingerprint density at radius 3 is 2.61 bits per heavy atom. The Morgan fingerprint density at radius 2 is 1.96 bits per heavy atom. The molecule has 1 aromatic carbocycles. The van der Waals surface area contributed by atoms with E-state index in [0.717, 1.165) is 11.3 Å². The van der Waals surface area contributed by atoms with Crippen LogP contribution in [0.15, 0.2) is 34.7 Å². The monoisotopic (exact) mass is 355 g/mol. The summed E-state index contributed by atoms with van der Waals surface area (Å²) in [5.41, 5.74) is 0.124. The van der Waals surface area contributed by atoms with Crippen LogP contribution in [0.1, 0.15) is 26.0 Å². The number of aliphatic carboxylic acids is 1. The number of furan rings is 1. The van der Waals surface area contributed by atoms with E-state index in [1.807, 2.05) is 18.2 Å². The van der Waals surface area contributed by atoms with E-state index in [4.69, 9.17) is 32.7 Å². The van der Waals surface area contributed by atoms with Gasteiger partial charge < -0.3 is 14.8 Å². The first-order valence-corrected chi connectivity index (χ1v) is 8.03. The van der Waals surface area contributed by atoms with E-state index in [9.17, 15) is 4.79 Å². The number of carbonyl (C=O) groups is 1. The maximum absolute atomic E-state index is 11.0. The standard InChI is InChI=1S/C17H19Cl2NO3/c1-17(2,16(21)22)7-8-20-10-12-4-6-15(23-12)11-3-5-13(18)14(19)9-11/h3-6,9,20H,7-8,10H2,1-2H3,(H,21,22). The third kappa shape index (κ3) is 4.74. The largest absolute Gasteiger partial charge is 0.481 e. The van der Waals surface area contributed by atoms with Gasteiger partial charge >= 0.3 is 5.97 Å². The number of halogens is 2. The molecule has 0 fully saturated rings. The van der Waals surface area contributed by atoms with Crippen molar-refractivity contribution in [1.82, 2.24) is 5.32 Å². The molecule has 6 heteroatoms. The summed E-state index contributed by atoms with van der Waals surface area (Å²) in [7, 11) is 0. The van der Waals surface area contributed by atoms with Crippen molar-refractivity contribution in [2.75, 3.05) is 6.54 Å². The van der Waals surface area contributed by atoms with Crippen LogP contribution in [0, 0.1) is 5.41 Å². The molecule has 2 rings (SSSR count). The highest BCUT2D eigenvalue weighted by molar-refractivity contribution is 6.42. The molecular formula is C17H19Cl2NO3. The summed E-state index contributed by atoms with van der Waals surface area (Å²) in [6.45, 7) is 4.57. The molecule has 0 amide bonds. The van der Waals surface area contributed by atoms with Gasteiger partial charge in [0.1, 0.15) is 11.5 Å². The van der Waals surface area contributed by atoms with Crippen molar-refractivity contribution in [3.63, 3.8) is 0 Å². The normalized spacial score (nSPS) is 11.7. The van der Waals surface area contributed by atoms with Crippen molar-refractivity contribution < 1.29 is 14.3 Å². The molecule has 1 aromatic heterocycles. The topological polar surface area (TPSA) is 62.5 Å². The molecule has 0 aliphatic carbocycles. The SMILES string of the molecule is CC(C)(CCNCc1ccc(-c2ccc(Cl)c(Cl)c2)o1)C(=O)O. The molecule has 0 unspecified atom stereocenters. The number of rotatable bonds is 7. The van der Waals surface area contributed by atoms with Crippen LogP contribution in [0.2, 0.25) is 10.0 Å². The van der Waals surface area contributed by atoms with E-state index < -0.39 is 11.4 Å². The summed E-state index contributed by atoms with van der Waals surface area (Å²) in [5.74, 6) is 0.699. The van der Waals surface area contributed by atoms with Crippen LogP contribution in [-0.2, 0) is 11.3 Å². The fourth-order valence-electron chi connectivity index (χ4n) is 2.00. The second kappa shape index (κ2) is 7.39. The van der Waals surface area contributed by atoms with Crippen LogP contribution < -0.4 is 5.32 Å². The molecule has 0 spiro atoms. The molecule has 0 saturated heterocycles. The first-order chi connectivity index (χ1) is 10.8. The number of hydrogen-bond acceptors (Lipinski definition) is 3. The van der Waals surface area contributed by atoms with Crippen molar-refractivity contribution >= 4 is 29.2 Å². The Bertz CT molecular complexity index is 695. The molecule has 2 N–H and O–H groups in total. The fraction of sp³-hybridized carbons (Fsp3) is 0.353. The van der Waals surface area contributed by atoms with Gasteiger partial charge in [0.2, 0.25) is 0 Å². The van der Waals surface area contributed by atoms with Gasteiger partial charge in [0.15, 0.2) is 0 Å². The highest BCUT2D eigenvalue weighted by atomic mass is 35.5. The predicted molar refractivity (Wildman–Crippen MR) is 91.9 cm³/mol. The van der Waals surface area contributed by atoms with E-state index in [1.54, 1.807) is 26.0 Å². The summed E-state index contributed by atoms with van der Waals surface area (Å²) in [4.78, 5) is 11.0. The molecule has 0 aliphatic rings. The van der Waals surface area contributed by atoms with Gasteiger partial charge in [-0.25, -0.2) is 0 Å². The van der Waals surface area contributed by atoms with Crippen LogP contribution in [0.3, 0.4) is 0 Å². The lowest BCUT2D eigenvalue weighted by atomic mass is 9.90. The fourth-order valence-corrected chi connectivity index (χ4v) is 2.29. The van der Waals surface area contributed by atoms with Gasteiger partial charge in [0.25, 0.3) is 0 Å². The first-order valence-electron chi connectivity index (χ1n) is 7.28. The molecule has 0 aliphatic heterocycles. The van der Waals surface area contributed by atoms with Gasteiger partial charge in [-0.05, 0) is 57.1 Å². The van der Waals surface area contributed by atoms with Crippen molar-refractivity contribution in [2.45, 2.75) is 26.8 Å². The number of carboxylic acids is 1. The Labute approximate surface area is 145 Å². The molecule has 2 aromatic rings. The minimum atomic E-state index is -0.792. The first kappa shape index (κ1) is 17.9. The van der Waals surface area contributed by atoms with Crippen LogP contribution >= 0.6 is 23.2 Å². The van der Waals surface area contributed by atoms with Gasteiger partial charge in [0.05, 0.1) is 22.0 Å². The average molecular weight is 356 g/mol. The molecule has 23 heavy (non-hydrogen) atoms. The quantitative estimate of drug-likeness (QED) is 0.697. The lowest BCUT2D eigenvalue weighted by Crippen LogP contribution is -2.28. The minimum absolute atomic E-state index is 0.483. The Balaban J connectivity index is 1.90. The van der Waals surface area contributed by atoms with Crippen LogP contribution in [0.25, 0.3) is 11.3 Å². The molecule has 0 atom stereocenters. The summed E-state index contributed by atoms with van der Waals surface area (Å²) in [5, 5.41) is 13.2. The Morgan fingerprint density at radius 1 is 1.22 bits per heavy atom. The molecule has 0 radical (unpaired) electrons. The second-order valence-corrected chi connectivity index (χ2v) is 6.83. The van der Waals surface area contributed by atoms with Crippen LogP contribution in [-0.4, -0.2) is 17.6 Å². The lowest BCUT2D eigenvalue weighted by molar-refractivity contribution is -0.147. The van der Waals surface area contributed by atoms with Crippen molar-refractivity contribution in [3.05, 3.63) is 46.1 Å².